The molecule has 1 rings (SSSR count). The maximum Gasteiger partial charge on any atom is 0.451 e. The fraction of sp³-hybridized carbons (Fsp3) is 0.636. The second kappa shape index (κ2) is 5.88. The second-order valence-corrected chi connectivity index (χ2v) is 4.04. The molecule has 0 fully saturated rings. The highest BCUT2D eigenvalue weighted by atomic mass is 19.4. The van der Waals surface area contributed by atoms with Crippen LogP contribution in [0.2, 0.25) is 0 Å². The summed E-state index contributed by atoms with van der Waals surface area (Å²) in [6, 6.07) is 1.40. The van der Waals surface area contributed by atoms with Crippen LogP contribution in [-0.2, 0) is 6.18 Å². The number of nitrogens with one attached hydrogen (secondary N) is 1. The minimum Gasteiger partial charge on any atom is -0.384 e. The van der Waals surface area contributed by atoms with Gasteiger partial charge in [-0.25, -0.2) is 9.97 Å². The van der Waals surface area contributed by atoms with Crippen LogP contribution in [0.25, 0.3) is 0 Å². The van der Waals surface area contributed by atoms with E-state index in [1.807, 2.05) is 13.8 Å². The van der Waals surface area contributed by atoms with E-state index in [0.29, 0.717) is 0 Å². The third-order valence-electron chi connectivity index (χ3n) is 2.48. The molecule has 0 aliphatic carbocycles. The van der Waals surface area contributed by atoms with Crippen LogP contribution in [0.15, 0.2) is 6.07 Å². The number of halogens is 3. The molecule has 1 unspecified atom stereocenters. The average molecular weight is 262 g/mol. The van der Waals surface area contributed by atoms with Crippen molar-refractivity contribution in [1.82, 2.24) is 9.97 Å². The van der Waals surface area contributed by atoms with Crippen LogP contribution < -0.4 is 11.1 Å². The normalized spacial score (nSPS) is 13.4. The monoisotopic (exact) mass is 262 g/mol. The molecule has 0 aliphatic rings. The highest BCUT2D eigenvalue weighted by Gasteiger charge is 2.35. The predicted molar refractivity (Wildman–Crippen MR) is 64.1 cm³/mol. The lowest BCUT2D eigenvalue weighted by molar-refractivity contribution is -0.144. The summed E-state index contributed by atoms with van der Waals surface area (Å²) < 4.78 is 37.5. The van der Waals surface area contributed by atoms with Gasteiger partial charge in [-0.15, -0.1) is 0 Å². The first-order valence-electron chi connectivity index (χ1n) is 5.85. The van der Waals surface area contributed by atoms with Gasteiger partial charge in [0.05, 0.1) is 0 Å². The first kappa shape index (κ1) is 14.5. The molecule has 0 saturated carbocycles. The number of nitrogens with two attached hydrogens (primary N) is 1. The number of alkyl halides is 3. The molecule has 1 aromatic rings. The summed E-state index contributed by atoms with van der Waals surface area (Å²) >= 11 is 0. The molecule has 0 saturated heterocycles. The van der Waals surface area contributed by atoms with E-state index in [-0.39, 0.29) is 17.7 Å². The zero-order valence-corrected chi connectivity index (χ0v) is 10.4. The molecule has 0 spiro atoms. The van der Waals surface area contributed by atoms with Crippen LogP contribution in [0, 0.1) is 0 Å². The summed E-state index contributed by atoms with van der Waals surface area (Å²) in [5.41, 5.74) is 5.36. The molecule has 1 aromatic heterocycles. The van der Waals surface area contributed by atoms with Crippen molar-refractivity contribution in [3.8, 4) is 0 Å². The van der Waals surface area contributed by atoms with Gasteiger partial charge in [0, 0.05) is 12.1 Å². The number of rotatable bonds is 5. The summed E-state index contributed by atoms with van der Waals surface area (Å²) in [6.07, 6.45) is -1.97. The lowest BCUT2D eigenvalue weighted by atomic mass is 10.1. The molecule has 3 N–H and O–H groups in total. The molecule has 102 valence electrons. The number of anilines is 2. The van der Waals surface area contributed by atoms with Gasteiger partial charge in [0.15, 0.2) is 0 Å². The minimum absolute atomic E-state index is 0.0883. The van der Waals surface area contributed by atoms with E-state index < -0.39 is 12.0 Å². The molecular weight excluding hydrogens is 245 g/mol. The summed E-state index contributed by atoms with van der Waals surface area (Å²) in [6.45, 7) is 3.97. The van der Waals surface area contributed by atoms with Crippen molar-refractivity contribution in [2.75, 3.05) is 11.1 Å². The number of hydrogen-bond acceptors (Lipinski definition) is 4. The van der Waals surface area contributed by atoms with Crippen LogP contribution in [0.1, 0.15) is 38.9 Å². The molecule has 4 nitrogen and oxygen atoms in total. The summed E-state index contributed by atoms with van der Waals surface area (Å²) in [4.78, 5) is 6.63. The van der Waals surface area contributed by atoms with Crippen molar-refractivity contribution in [3.05, 3.63) is 11.9 Å². The van der Waals surface area contributed by atoms with Gasteiger partial charge in [-0.1, -0.05) is 20.3 Å². The third-order valence-corrected chi connectivity index (χ3v) is 2.48. The molecule has 1 atom stereocenters. The third kappa shape index (κ3) is 4.05. The Kier molecular flexibility index (Phi) is 4.75. The van der Waals surface area contributed by atoms with Crippen LogP contribution in [0.4, 0.5) is 24.8 Å². The highest BCUT2D eigenvalue weighted by molar-refractivity contribution is 5.45. The number of nitrogen functional groups attached to an aromatic ring is 1. The minimum atomic E-state index is -4.59. The highest BCUT2D eigenvalue weighted by Crippen LogP contribution is 2.28. The van der Waals surface area contributed by atoms with Gasteiger partial charge in [0.25, 0.3) is 0 Å². The Morgan fingerprint density at radius 3 is 2.50 bits per heavy atom. The van der Waals surface area contributed by atoms with Gasteiger partial charge in [-0.3, -0.25) is 0 Å². The molecule has 1 heterocycles. The lowest BCUT2D eigenvalue weighted by Crippen LogP contribution is -2.21. The Hall–Kier alpha value is -1.53. The average Bonchev–Trinajstić information content (AvgIpc) is 2.26. The van der Waals surface area contributed by atoms with Gasteiger partial charge < -0.3 is 11.1 Å². The summed E-state index contributed by atoms with van der Waals surface area (Å²) in [5, 5.41) is 2.95. The van der Waals surface area contributed by atoms with Crippen LogP contribution >= 0.6 is 0 Å². The zero-order valence-electron chi connectivity index (χ0n) is 10.4. The lowest BCUT2D eigenvalue weighted by Gasteiger charge is -2.17. The van der Waals surface area contributed by atoms with Gasteiger partial charge in [-0.05, 0) is 12.8 Å². The van der Waals surface area contributed by atoms with Crippen molar-refractivity contribution < 1.29 is 13.2 Å². The second-order valence-electron chi connectivity index (χ2n) is 4.04. The van der Waals surface area contributed by atoms with Gasteiger partial charge >= 0.3 is 6.18 Å². The molecule has 0 radical (unpaired) electrons. The van der Waals surface area contributed by atoms with E-state index in [2.05, 4.69) is 15.3 Å². The van der Waals surface area contributed by atoms with Crippen molar-refractivity contribution in [2.45, 2.75) is 45.3 Å². The Morgan fingerprint density at radius 1 is 1.33 bits per heavy atom. The molecule has 0 aromatic carbocycles. The Labute approximate surface area is 104 Å². The standard InChI is InChI=1S/C11H17F3N4/c1-3-5-7(4-2)16-9-6-8(15)17-10(18-9)11(12,13)14/h6-7H,3-5H2,1-2H3,(H3,15,16,17,18). The van der Waals surface area contributed by atoms with Crippen molar-refractivity contribution in [1.29, 1.82) is 0 Å². The van der Waals surface area contributed by atoms with Crippen molar-refractivity contribution in [3.63, 3.8) is 0 Å². The van der Waals surface area contributed by atoms with Gasteiger partial charge in [-0.2, -0.15) is 13.2 Å². The largest absolute Gasteiger partial charge is 0.451 e. The van der Waals surface area contributed by atoms with Gasteiger partial charge in [0.2, 0.25) is 5.82 Å². The molecule has 0 bridgehead atoms. The SMILES string of the molecule is CCCC(CC)Nc1cc(N)nc(C(F)(F)F)n1. The number of hydrogen-bond donors (Lipinski definition) is 2. The van der Waals surface area contributed by atoms with Crippen LogP contribution in [0.5, 0.6) is 0 Å². The van der Waals surface area contributed by atoms with Crippen molar-refractivity contribution in [2.24, 2.45) is 0 Å². The maximum absolute atomic E-state index is 12.5. The first-order chi connectivity index (χ1) is 8.36. The van der Waals surface area contributed by atoms with E-state index in [9.17, 15) is 13.2 Å². The van der Waals surface area contributed by atoms with E-state index in [4.69, 9.17) is 5.73 Å². The quantitative estimate of drug-likeness (QED) is 0.856. The van der Waals surface area contributed by atoms with E-state index in [1.165, 1.54) is 6.07 Å². The summed E-state index contributed by atoms with van der Waals surface area (Å²) in [5.74, 6) is -1.28. The molecular formula is C11H17F3N4. The van der Waals surface area contributed by atoms with E-state index >= 15 is 0 Å². The topological polar surface area (TPSA) is 63.8 Å². The maximum atomic E-state index is 12.5. The number of nitrogens with zero attached hydrogens (tertiary/aromatic N) is 2. The van der Waals surface area contributed by atoms with E-state index in [0.717, 1.165) is 19.3 Å². The first-order valence-corrected chi connectivity index (χ1v) is 5.85. The van der Waals surface area contributed by atoms with Crippen LogP contribution in [-0.4, -0.2) is 16.0 Å². The van der Waals surface area contributed by atoms with E-state index in [1.54, 1.807) is 0 Å². The fourth-order valence-electron chi connectivity index (χ4n) is 1.60. The Bertz CT molecular complexity index is 392. The molecule has 0 aliphatic heterocycles. The summed E-state index contributed by atoms with van der Waals surface area (Å²) in [7, 11) is 0. The fourth-order valence-corrected chi connectivity index (χ4v) is 1.60. The predicted octanol–water partition coefficient (Wildman–Crippen LogP) is 3.07. The number of aromatic nitrogens is 2. The molecule has 7 heteroatoms. The zero-order chi connectivity index (χ0) is 13.8. The Morgan fingerprint density at radius 2 is 2.00 bits per heavy atom. The molecule has 18 heavy (non-hydrogen) atoms. The Balaban J connectivity index is 2.92. The smallest absolute Gasteiger partial charge is 0.384 e. The van der Waals surface area contributed by atoms with Gasteiger partial charge in [0.1, 0.15) is 11.6 Å². The molecule has 0 amide bonds. The van der Waals surface area contributed by atoms with Crippen molar-refractivity contribution >= 4 is 11.6 Å². The van der Waals surface area contributed by atoms with Crippen LogP contribution in [0.3, 0.4) is 0 Å².